The monoisotopic (exact) mass is 277 g/mol. The first-order valence-electron chi connectivity index (χ1n) is 7.20. The van der Waals surface area contributed by atoms with Crippen molar-refractivity contribution in [3.8, 4) is 0 Å². The second-order valence-electron chi connectivity index (χ2n) is 5.32. The summed E-state index contributed by atoms with van der Waals surface area (Å²) in [6.07, 6.45) is 4.42. The van der Waals surface area contributed by atoms with Gasteiger partial charge in [0, 0.05) is 29.9 Å². The van der Waals surface area contributed by atoms with Crippen molar-refractivity contribution in [1.82, 2.24) is 5.32 Å². The number of nitrogens with two attached hydrogens (primary N) is 1. The Kier molecular flexibility index (Phi) is 5.38. The maximum Gasteiger partial charge on any atom is 0.251 e. The van der Waals surface area contributed by atoms with Crippen LogP contribution in [0, 0.1) is 0 Å². The molecule has 1 aromatic carbocycles. The Bertz CT molecular complexity index is 433. The standard InChI is InChI=1S/C15H23N3O2/c16-12-2-1-3-14(10-12)18-13-6-4-11(5-7-13)15(20)17-8-9-19/h4-7,12,14,18-19H,1-3,8-10,16H2,(H,17,20). The van der Waals surface area contributed by atoms with Gasteiger partial charge in [-0.3, -0.25) is 4.79 Å². The number of hydrogen-bond donors (Lipinski definition) is 4. The lowest BCUT2D eigenvalue weighted by Gasteiger charge is -2.28. The molecule has 110 valence electrons. The molecule has 1 fully saturated rings. The Morgan fingerprint density at radius 1 is 1.30 bits per heavy atom. The Morgan fingerprint density at radius 2 is 2.05 bits per heavy atom. The van der Waals surface area contributed by atoms with E-state index in [1.54, 1.807) is 12.1 Å². The van der Waals surface area contributed by atoms with Crippen molar-refractivity contribution in [3.63, 3.8) is 0 Å². The molecule has 1 aliphatic rings. The van der Waals surface area contributed by atoms with Crippen LogP contribution in [0.2, 0.25) is 0 Å². The molecule has 0 heterocycles. The van der Waals surface area contributed by atoms with Crippen LogP contribution in [0.25, 0.3) is 0 Å². The summed E-state index contributed by atoms with van der Waals surface area (Å²) in [4.78, 5) is 11.7. The van der Waals surface area contributed by atoms with Gasteiger partial charge in [0.2, 0.25) is 0 Å². The maximum absolute atomic E-state index is 11.7. The predicted octanol–water partition coefficient (Wildman–Crippen LogP) is 1.09. The largest absolute Gasteiger partial charge is 0.395 e. The average molecular weight is 277 g/mol. The van der Waals surface area contributed by atoms with E-state index in [1.165, 1.54) is 6.42 Å². The minimum Gasteiger partial charge on any atom is -0.395 e. The van der Waals surface area contributed by atoms with Crippen molar-refractivity contribution in [2.75, 3.05) is 18.5 Å². The number of hydrogen-bond acceptors (Lipinski definition) is 4. The van der Waals surface area contributed by atoms with Gasteiger partial charge in [-0.15, -0.1) is 0 Å². The van der Waals surface area contributed by atoms with Gasteiger partial charge < -0.3 is 21.5 Å². The third-order valence-electron chi connectivity index (χ3n) is 3.63. The summed E-state index contributed by atoms with van der Waals surface area (Å²) < 4.78 is 0. The zero-order valence-corrected chi connectivity index (χ0v) is 11.6. The first-order valence-corrected chi connectivity index (χ1v) is 7.20. The van der Waals surface area contributed by atoms with Gasteiger partial charge in [-0.1, -0.05) is 0 Å². The third kappa shape index (κ3) is 4.21. The third-order valence-corrected chi connectivity index (χ3v) is 3.63. The molecule has 5 N–H and O–H groups in total. The van der Waals surface area contributed by atoms with Gasteiger partial charge >= 0.3 is 0 Å². The molecule has 2 atom stereocenters. The fourth-order valence-corrected chi connectivity index (χ4v) is 2.58. The molecule has 2 unspecified atom stereocenters. The zero-order chi connectivity index (χ0) is 14.4. The highest BCUT2D eigenvalue weighted by molar-refractivity contribution is 5.94. The molecular weight excluding hydrogens is 254 g/mol. The first kappa shape index (κ1) is 14.8. The second kappa shape index (κ2) is 7.26. The fraction of sp³-hybridized carbons (Fsp3) is 0.533. The highest BCUT2D eigenvalue weighted by atomic mass is 16.3. The number of amides is 1. The van der Waals surface area contributed by atoms with Gasteiger partial charge in [-0.05, 0) is 49.9 Å². The molecule has 1 saturated carbocycles. The van der Waals surface area contributed by atoms with E-state index in [1.807, 2.05) is 12.1 Å². The quantitative estimate of drug-likeness (QED) is 0.649. The topological polar surface area (TPSA) is 87.4 Å². The van der Waals surface area contributed by atoms with Crippen LogP contribution in [-0.2, 0) is 0 Å². The summed E-state index contributed by atoms with van der Waals surface area (Å²) in [5.41, 5.74) is 7.59. The number of rotatable bonds is 5. The van der Waals surface area contributed by atoms with Crippen LogP contribution in [-0.4, -0.2) is 36.2 Å². The number of carbonyl (C=O) groups is 1. The van der Waals surface area contributed by atoms with Gasteiger partial charge in [0.05, 0.1) is 6.61 Å². The summed E-state index contributed by atoms with van der Waals surface area (Å²) in [6.45, 7) is 0.228. The predicted molar refractivity (Wildman–Crippen MR) is 79.7 cm³/mol. The number of benzene rings is 1. The second-order valence-corrected chi connectivity index (χ2v) is 5.32. The van der Waals surface area contributed by atoms with Crippen molar-refractivity contribution in [3.05, 3.63) is 29.8 Å². The van der Waals surface area contributed by atoms with Crippen molar-refractivity contribution in [2.45, 2.75) is 37.8 Å². The van der Waals surface area contributed by atoms with Crippen LogP contribution in [0.1, 0.15) is 36.0 Å². The molecule has 0 saturated heterocycles. The molecule has 1 aliphatic carbocycles. The minimum atomic E-state index is -0.162. The lowest BCUT2D eigenvalue weighted by atomic mass is 9.91. The van der Waals surface area contributed by atoms with Crippen LogP contribution in [0.4, 0.5) is 5.69 Å². The van der Waals surface area contributed by atoms with Crippen LogP contribution in [0.15, 0.2) is 24.3 Å². The zero-order valence-electron chi connectivity index (χ0n) is 11.6. The molecule has 0 radical (unpaired) electrons. The number of anilines is 1. The van der Waals surface area contributed by atoms with Gasteiger partial charge in [-0.25, -0.2) is 0 Å². The van der Waals surface area contributed by atoms with Crippen molar-refractivity contribution < 1.29 is 9.90 Å². The fourth-order valence-electron chi connectivity index (χ4n) is 2.58. The van der Waals surface area contributed by atoms with Gasteiger partial charge in [0.15, 0.2) is 0 Å². The summed E-state index contributed by atoms with van der Waals surface area (Å²) in [5.74, 6) is -0.162. The normalized spacial score (nSPS) is 22.3. The lowest BCUT2D eigenvalue weighted by molar-refractivity contribution is 0.0945. The molecular formula is C15H23N3O2. The molecule has 5 nitrogen and oxygen atoms in total. The van der Waals surface area contributed by atoms with E-state index in [0.29, 0.717) is 17.6 Å². The summed E-state index contributed by atoms with van der Waals surface area (Å²) in [5, 5.41) is 14.8. The highest BCUT2D eigenvalue weighted by Crippen LogP contribution is 2.21. The van der Waals surface area contributed by atoms with Crippen LogP contribution in [0.5, 0.6) is 0 Å². The molecule has 0 bridgehead atoms. The van der Waals surface area contributed by atoms with Crippen LogP contribution in [0.3, 0.4) is 0 Å². The van der Waals surface area contributed by atoms with Gasteiger partial charge in [-0.2, -0.15) is 0 Å². The van der Waals surface area contributed by atoms with E-state index >= 15 is 0 Å². The number of aliphatic hydroxyl groups excluding tert-OH is 1. The molecule has 1 amide bonds. The first-order chi connectivity index (χ1) is 9.69. The highest BCUT2D eigenvalue weighted by Gasteiger charge is 2.18. The van der Waals surface area contributed by atoms with Crippen molar-refractivity contribution >= 4 is 11.6 Å². The molecule has 5 heteroatoms. The van der Waals surface area contributed by atoms with E-state index in [4.69, 9.17) is 10.8 Å². The minimum absolute atomic E-state index is 0.0483. The number of carbonyl (C=O) groups excluding carboxylic acids is 1. The Morgan fingerprint density at radius 3 is 2.70 bits per heavy atom. The molecule has 2 rings (SSSR count). The van der Waals surface area contributed by atoms with Crippen molar-refractivity contribution in [1.29, 1.82) is 0 Å². The Labute approximate surface area is 119 Å². The number of aliphatic hydroxyl groups is 1. The smallest absolute Gasteiger partial charge is 0.251 e. The van der Waals surface area contributed by atoms with E-state index < -0.39 is 0 Å². The Balaban J connectivity index is 1.89. The van der Waals surface area contributed by atoms with Crippen molar-refractivity contribution in [2.24, 2.45) is 5.73 Å². The molecule has 0 aliphatic heterocycles. The Hall–Kier alpha value is -1.59. The van der Waals surface area contributed by atoms with Gasteiger partial charge in [0.25, 0.3) is 5.91 Å². The number of nitrogens with one attached hydrogen (secondary N) is 2. The summed E-state index contributed by atoms with van der Waals surface area (Å²) >= 11 is 0. The molecule has 1 aromatic rings. The molecule has 0 aromatic heterocycles. The maximum atomic E-state index is 11.7. The van der Waals surface area contributed by atoms with Crippen LogP contribution < -0.4 is 16.4 Å². The average Bonchev–Trinajstić information content (AvgIpc) is 2.45. The van der Waals surface area contributed by atoms with E-state index in [-0.39, 0.29) is 19.1 Å². The summed E-state index contributed by atoms with van der Waals surface area (Å²) in [7, 11) is 0. The van der Waals surface area contributed by atoms with E-state index in [0.717, 1.165) is 24.9 Å². The lowest BCUT2D eigenvalue weighted by Crippen LogP contribution is -2.34. The van der Waals surface area contributed by atoms with Crippen LogP contribution >= 0.6 is 0 Å². The molecule has 0 spiro atoms. The van der Waals surface area contributed by atoms with E-state index in [2.05, 4.69) is 10.6 Å². The molecule has 20 heavy (non-hydrogen) atoms. The van der Waals surface area contributed by atoms with Gasteiger partial charge in [0.1, 0.15) is 0 Å². The summed E-state index contributed by atoms with van der Waals surface area (Å²) in [6, 6.07) is 8.12. The SMILES string of the molecule is NC1CCCC(Nc2ccc(C(=O)NCCO)cc2)C1. The van der Waals surface area contributed by atoms with E-state index in [9.17, 15) is 4.79 Å².